The topological polar surface area (TPSA) is 72.9 Å². The van der Waals surface area contributed by atoms with Crippen LogP contribution in [0.25, 0.3) is 0 Å². The van der Waals surface area contributed by atoms with Gasteiger partial charge in [0.25, 0.3) is 0 Å². The Morgan fingerprint density at radius 2 is 1.64 bits per heavy atom. The molecule has 0 aliphatic carbocycles. The molecule has 1 atom stereocenters. The molecular formula is C19H17NO5. The monoisotopic (exact) mass is 339 g/mol. The molecular weight excluding hydrogens is 322 g/mol. The lowest BCUT2D eigenvalue weighted by molar-refractivity contribution is -0.149. The molecule has 1 amide bonds. The molecule has 1 fully saturated rings. The first-order chi connectivity index (χ1) is 12.1. The lowest BCUT2D eigenvalue weighted by atomic mass is 10.0. The Morgan fingerprint density at radius 3 is 2.28 bits per heavy atom. The van der Waals surface area contributed by atoms with Gasteiger partial charge in [0.2, 0.25) is 5.91 Å². The largest absolute Gasteiger partial charge is 0.516 e. The van der Waals surface area contributed by atoms with Crippen LogP contribution in [0.3, 0.4) is 0 Å². The quantitative estimate of drug-likeness (QED) is 0.476. The highest BCUT2D eigenvalue weighted by molar-refractivity contribution is 5.95. The molecule has 1 aliphatic rings. The van der Waals surface area contributed by atoms with E-state index in [1.807, 2.05) is 30.3 Å². The van der Waals surface area contributed by atoms with Gasteiger partial charge in [0.1, 0.15) is 6.61 Å². The summed E-state index contributed by atoms with van der Waals surface area (Å²) in [6.07, 6.45) is -0.750. The van der Waals surface area contributed by atoms with Crippen LogP contribution in [0.1, 0.15) is 22.3 Å². The van der Waals surface area contributed by atoms with Crippen molar-refractivity contribution in [1.29, 1.82) is 0 Å². The fourth-order valence-electron chi connectivity index (χ4n) is 2.57. The Hall–Kier alpha value is -3.15. The number of likely N-dealkylation sites (tertiary alicyclic amines) is 1. The maximum atomic E-state index is 11.8. The molecule has 1 unspecified atom stereocenters. The van der Waals surface area contributed by atoms with Crippen molar-refractivity contribution in [1.82, 2.24) is 4.90 Å². The molecule has 25 heavy (non-hydrogen) atoms. The van der Waals surface area contributed by atoms with Crippen molar-refractivity contribution < 1.29 is 23.9 Å². The normalized spacial score (nSPS) is 16.1. The summed E-state index contributed by atoms with van der Waals surface area (Å²) in [4.78, 5) is 36.8. The van der Waals surface area contributed by atoms with Gasteiger partial charge in [-0.15, -0.1) is 0 Å². The van der Waals surface area contributed by atoms with Gasteiger partial charge < -0.3 is 14.4 Å². The number of hydrogen-bond donors (Lipinski definition) is 0. The Kier molecular flexibility index (Phi) is 5.09. The molecule has 6 heteroatoms. The van der Waals surface area contributed by atoms with Crippen LogP contribution in [0.5, 0.6) is 0 Å². The van der Waals surface area contributed by atoms with E-state index in [0.717, 1.165) is 5.56 Å². The fraction of sp³-hybridized carbons (Fsp3) is 0.211. The third-order valence-corrected chi connectivity index (χ3v) is 3.95. The zero-order valence-electron chi connectivity index (χ0n) is 13.5. The van der Waals surface area contributed by atoms with Crippen molar-refractivity contribution in [2.75, 3.05) is 6.61 Å². The Labute approximate surface area is 145 Å². The number of benzene rings is 2. The predicted octanol–water partition coefficient (Wildman–Crippen LogP) is 2.78. The van der Waals surface area contributed by atoms with Crippen LogP contribution in [0.2, 0.25) is 0 Å². The second kappa shape index (κ2) is 7.61. The molecule has 6 nitrogen and oxygen atoms in total. The standard InChI is InChI=1S/C19H17NO5/c21-17-11-16(20(17)12-14-7-3-1-4-8-14)13-24-19(23)25-18(22)15-9-5-2-6-10-15/h1-10,16H,11-13H2. The first-order valence-electron chi connectivity index (χ1n) is 7.91. The molecule has 1 aliphatic heterocycles. The number of amides is 1. The summed E-state index contributed by atoms with van der Waals surface area (Å²) in [5.74, 6) is -0.761. The van der Waals surface area contributed by atoms with Gasteiger partial charge in [-0.1, -0.05) is 48.5 Å². The molecule has 0 radical (unpaired) electrons. The van der Waals surface area contributed by atoms with Crippen LogP contribution in [0, 0.1) is 0 Å². The van der Waals surface area contributed by atoms with E-state index in [0.29, 0.717) is 13.0 Å². The number of carbonyl (C=O) groups is 3. The number of rotatable bonds is 5. The zero-order chi connectivity index (χ0) is 17.6. The molecule has 0 N–H and O–H groups in total. The van der Waals surface area contributed by atoms with E-state index in [1.54, 1.807) is 35.2 Å². The number of carbonyl (C=O) groups excluding carboxylic acids is 3. The van der Waals surface area contributed by atoms with E-state index >= 15 is 0 Å². The second-order valence-corrected chi connectivity index (χ2v) is 5.68. The Balaban J connectivity index is 1.47. The zero-order valence-corrected chi connectivity index (χ0v) is 13.5. The van der Waals surface area contributed by atoms with E-state index in [9.17, 15) is 14.4 Å². The fourth-order valence-corrected chi connectivity index (χ4v) is 2.57. The average molecular weight is 339 g/mol. The lowest BCUT2D eigenvalue weighted by Crippen LogP contribution is -2.54. The molecule has 0 spiro atoms. The van der Waals surface area contributed by atoms with Crippen LogP contribution in [-0.4, -0.2) is 35.6 Å². The summed E-state index contributed by atoms with van der Waals surface area (Å²) in [5, 5.41) is 0. The molecule has 0 aromatic heterocycles. The van der Waals surface area contributed by atoms with Crippen molar-refractivity contribution in [3.63, 3.8) is 0 Å². The smallest absolute Gasteiger partial charge is 0.432 e. The van der Waals surface area contributed by atoms with Crippen molar-refractivity contribution in [2.45, 2.75) is 19.0 Å². The molecule has 3 rings (SSSR count). The summed E-state index contributed by atoms with van der Waals surface area (Å²) < 4.78 is 9.61. The van der Waals surface area contributed by atoms with Crippen molar-refractivity contribution in [2.24, 2.45) is 0 Å². The van der Waals surface area contributed by atoms with Crippen molar-refractivity contribution in [3.05, 3.63) is 71.8 Å². The second-order valence-electron chi connectivity index (χ2n) is 5.68. The van der Waals surface area contributed by atoms with E-state index in [1.165, 1.54) is 0 Å². The third-order valence-electron chi connectivity index (χ3n) is 3.95. The summed E-state index contributed by atoms with van der Waals surface area (Å²) in [6.45, 7) is 0.463. The molecule has 1 saturated heterocycles. The van der Waals surface area contributed by atoms with E-state index < -0.39 is 12.1 Å². The summed E-state index contributed by atoms with van der Waals surface area (Å²) >= 11 is 0. The molecule has 2 aromatic rings. The van der Waals surface area contributed by atoms with Gasteiger partial charge in [0.05, 0.1) is 18.0 Å². The number of β-lactam (4-membered cyclic amide) rings is 1. The van der Waals surface area contributed by atoms with Gasteiger partial charge in [-0.25, -0.2) is 9.59 Å². The maximum Gasteiger partial charge on any atom is 0.516 e. The molecule has 0 saturated carbocycles. The number of hydrogen-bond acceptors (Lipinski definition) is 5. The lowest BCUT2D eigenvalue weighted by Gasteiger charge is -2.39. The number of esters is 1. The minimum atomic E-state index is -1.06. The van der Waals surface area contributed by atoms with Crippen molar-refractivity contribution >= 4 is 18.0 Å². The Morgan fingerprint density at radius 1 is 1.00 bits per heavy atom. The number of ether oxygens (including phenoxy) is 2. The predicted molar refractivity (Wildman–Crippen MR) is 88.6 cm³/mol. The highest BCUT2D eigenvalue weighted by Crippen LogP contribution is 2.22. The van der Waals surface area contributed by atoms with Crippen LogP contribution in [-0.2, 0) is 20.8 Å². The summed E-state index contributed by atoms with van der Waals surface area (Å²) in [7, 11) is 0. The third kappa shape index (κ3) is 4.23. The first kappa shape index (κ1) is 16.7. The highest BCUT2D eigenvalue weighted by atomic mass is 16.7. The number of nitrogens with zero attached hydrogens (tertiary/aromatic N) is 1. The van der Waals surface area contributed by atoms with Crippen LogP contribution >= 0.6 is 0 Å². The van der Waals surface area contributed by atoms with Crippen LogP contribution in [0.4, 0.5) is 4.79 Å². The van der Waals surface area contributed by atoms with E-state index in [-0.39, 0.29) is 24.1 Å². The summed E-state index contributed by atoms with van der Waals surface area (Å²) in [6, 6.07) is 17.5. The van der Waals surface area contributed by atoms with Gasteiger partial charge in [0, 0.05) is 6.54 Å². The van der Waals surface area contributed by atoms with Crippen LogP contribution < -0.4 is 0 Å². The SMILES string of the molecule is O=C(OCC1CC(=O)N1Cc1ccccc1)OC(=O)c1ccccc1. The first-order valence-corrected chi connectivity index (χ1v) is 7.91. The van der Waals surface area contributed by atoms with Gasteiger partial charge in [-0.2, -0.15) is 0 Å². The minimum absolute atomic E-state index is 0.000519. The minimum Gasteiger partial charge on any atom is -0.432 e. The van der Waals surface area contributed by atoms with E-state index in [4.69, 9.17) is 4.74 Å². The van der Waals surface area contributed by atoms with Gasteiger partial charge in [-0.05, 0) is 17.7 Å². The summed E-state index contributed by atoms with van der Waals surface area (Å²) in [5.41, 5.74) is 1.27. The van der Waals surface area contributed by atoms with Gasteiger partial charge in [-0.3, -0.25) is 4.79 Å². The van der Waals surface area contributed by atoms with Crippen LogP contribution in [0.15, 0.2) is 60.7 Å². The molecule has 1 heterocycles. The van der Waals surface area contributed by atoms with Gasteiger partial charge >= 0.3 is 12.1 Å². The Bertz CT molecular complexity index is 760. The molecule has 128 valence electrons. The molecule has 0 bridgehead atoms. The highest BCUT2D eigenvalue weighted by Gasteiger charge is 2.37. The van der Waals surface area contributed by atoms with Crippen molar-refractivity contribution in [3.8, 4) is 0 Å². The maximum absolute atomic E-state index is 11.8. The van der Waals surface area contributed by atoms with Gasteiger partial charge in [0.15, 0.2) is 0 Å². The average Bonchev–Trinajstić information content (AvgIpc) is 2.64. The van der Waals surface area contributed by atoms with E-state index in [2.05, 4.69) is 4.74 Å². The molecule has 2 aromatic carbocycles.